The number of benzene rings is 1. The van der Waals surface area contributed by atoms with Crippen molar-refractivity contribution in [3.63, 3.8) is 0 Å². The average Bonchev–Trinajstić information content (AvgIpc) is 2.97. The van der Waals surface area contributed by atoms with Crippen molar-refractivity contribution in [3.05, 3.63) is 42.1 Å². The predicted molar refractivity (Wildman–Crippen MR) is 74.8 cm³/mol. The fraction of sp³-hybridized carbons (Fsp3) is 0.214. The van der Waals surface area contributed by atoms with Crippen LogP contribution >= 0.6 is 0 Å². The molecule has 0 aliphatic rings. The number of carboxylic acids is 1. The van der Waals surface area contributed by atoms with Gasteiger partial charge in [0.2, 0.25) is 0 Å². The van der Waals surface area contributed by atoms with E-state index in [0.29, 0.717) is 5.69 Å². The number of rotatable bonds is 6. The number of amides is 1. The number of nitrogens with zero attached hydrogens (tertiary/aromatic N) is 1. The summed E-state index contributed by atoms with van der Waals surface area (Å²) in [5.41, 5.74) is 1.61. The Morgan fingerprint density at radius 2 is 2.10 bits per heavy atom. The molecule has 1 aromatic carbocycles. The SMILES string of the molecule is COCC(NC(=O)c1cn[nH]c1-c1ccccc1)C(=O)O. The Bertz CT molecular complexity index is 624. The molecule has 1 heterocycles. The van der Waals surface area contributed by atoms with Crippen molar-refractivity contribution < 1.29 is 19.4 Å². The number of H-pyrrole nitrogens is 1. The van der Waals surface area contributed by atoms with E-state index in [2.05, 4.69) is 15.5 Å². The normalized spacial score (nSPS) is 11.9. The minimum absolute atomic E-state index is 0.112. The van der Waals surface area contributed by atoms with Crippen molar-refractivity contribution in [2.45, 2.75) is 6.04 Å². The second-order valence-corrected chi connectivity index (χ2v) is 4.34. The van der Waals surface area contributed by atoms with E-state index in [1.165, 1.54) is 13.3 Å². The van der Waals surface area contributed by atoms with Crippen LogP contribution in [0.3, 0.4) is 0 Å². The highest BCUT2D eigenvalue weighted by Gasteiger charge is 2.23. The standard InChI is InChI=1S/C14H15N3O4/c1-21-8-11(14(19)20)16-13(18)10-7-15-17-12(10)9-5-3-2-4-6-9/h2-7,11H,8H2,1H3,(H,15,17)(H,16,18)(H,19,20). The van der Waals surface area contributed by atoms with E-state index in [-0.39, 0.29) is 12.2 Å². The number of carbonyl (C=O) groups excluding carboxylic acids is 1. The van der Waals surface area contributed by atoms with Gasteiger partial charge in [-0.2, -0.15) is 5.10 Å². The summed E-state index contributed by atoms with van der Waals surface area (Å²) < 4.78 is 4.78. The van der Waals surface area contributed by atoms with Crippen LogP contribution in [-0.2, 0) is 9.53 Å². The number of hydrogen-bond donors (Lipinski definition) is 3. The van der Waals surface area contributed by atoms with Gasteiger partial charge in [0, 0.05) is 12.7 Å². The molecule has 0 saturated heterocycles. The molecule has 0 saturated carbocycles. The third-order valence-corrected chi connectivity index (χ3v) is 2.88. The topological polar surface area (TPSA) is 104 Å². The summed E-state index contributed by atoms with van der Waals surface area (Å²) in [4.78, 5) is 23.2. The number of aliphatic carboxylic acids is 1. The number of methoxy groups -OCH3 is 1. The maximum Gasteiger partial charge on any atom is 0.328 e. The molecule has 0 bridgehead atoms. The molecule has 0 spiro atoms. The summed E-state index contributed by atoms with van der Waals surface area (Å²) in [5, 5.41) is 18.0. The van der Waals surface area contributed by atoms with Crippen LogP contribution in [-0.4, -0.2) is 46.9 Å². The summed E-state index contributed by atoms with van der Waals surface area (Å²) in [6, 6.07) is 8.08. The highest BCUT2D eigenvalue weighted by molar-refractivity contribution is 6.01. The van der Waals surface area contributed by atoms with E-state index >= 15 is 0 Å². The van der Waals surface area contributed by atoms with E-state index in [9.17, 15) is 9.59 Å². The number of aromatic amines is 1. The molecule has 7 nitrogen and oxygen atoms in total. The van der Waals surface area contributed by atoms with Gasteiger partial charge in [-0.05, 0) is 0 Å². The quantitative estimate of drug-likeness (QED) is 0.733. The van der Waals surface area contributed by atoms with E-state index < -0.39 is 17.9 Å². The Balaban J connectivity index is 2.21. The monoisotopic (exact) mass is 289 g/mol. The number of hydrogen-bond acceptors (Lipinski definition) is 4. The van der Waals surface area contributed by atoms with Crippen LogP contribution < -0.4 is 5.32 Å². The van der Waals surface area contributed by atoms with E-state index in [1.807, 2.05) is 30.3 Å². The summed E-state index contributed by atoms with van der Waals surface area (Å²) in [6.07, 6.45) is 1.36. The first kappa shape index (κ1) is 14.7. The van der Waals surface area contributed by atoms with E-state index in [0.717, 1.165) is 5.56 Å². The molecule has 110 valence electrons. The molecule has 1 unspecified atom stereocenters. The lowest BCUT2D eigenvalue weighted by molar-refractivity contribution is -0.140. The maximum atomic E-state index is 12.2. The number of aromatic nitrogens is 2. The van der Waals surface area contributed by atoms with Crippen molar-refractivity contribution in [2.24, 2.45) is 0 Å². The predicted octanol–water partition coefficient (Wildman–Crippen LogP) is 0.906. The van der Waals surface area contributed by atoms with Crippen LogP contribution in [0, 0.1) is 0 Å². The number of carbonyl (C=O) groups is 2. The number of carboxylic acid groups (broad SMARTS) is 1. The molecule has 3 N–H and O–H groups in total. The van der Waals surface area contributed by atoms with Crippen LogP contribution in [0.1, 0.15) is 10.4 Å². The van der Waals surface area contributed by atoms with Crippen molar-refractivity contribution >= 4 is 11.9 Å². The second kappa shape index (κ2) is 6.67. The Morgan fingerprint density at radius 3 is 2.71 bits per heavy atom. The Labute approximate surface area is 120 Å². The van der Waals surface area contributed by atoms with Gasteiger partial charge in [0.25, 0.3) is 5.91 Å². The minimum Gasteiger partial charge on any atom is -0.480 e. The zero-order chi connectivity index (χ0) is 15.2. The van der Waals surface area contributed by atoms with Crippen molar-refractivity contribution in [3.8, 4) is 11.3 Å². The second-order valence-electron chi connectivity index (χ2n) is 4.34. The Kier molecular flexibility index (Phi) is 4.68. The molecule has 21 heavy (non-hydrogen) atoms. The molecule has 0 aliphatic heterocycles. The first-order valence-corrected chi connectivity index (χ1v) is 6.25. The van der Waals surface area contributed by atoms with Gasteiger partial charge >= 0.3 is 5.97 Å². The average molecular weight is 289 g/mol. The molecule has 7 heteroatoms. The molecule has 1 atom stereocenters. The van der Waals surface area contributed by atoms with E-state index in [4.69, 9.17) is 9.84 Å². The summed E-state index contributed by atoms with van der Waals surface area (Å²) in [6.45, 7) is -0.112. The first-order chi connectivity index (χ1) is 10.1. The fourth-order valence-electron chi connectivity index (χ4n) is 1.86. The summed E-state index contributed by atoms with van der Waals surface area (Å²) >= 11 is 0. The van der Waals surface area contributed by atoms with Crippen molar-refractivity contribution in [1.82, 2.24) is 15.5 Å². The van der Waals surface area contributed by atoms with Crippen LogP contribution in [0.15, 0.2) is 36.5 Å². The highest BCUT2D eigenvalue weighted by Crippen LogP contribution is 2.20. The van der Waals surface area contributed by atoms with Crippen LogP contribution in [0.25, 0.3) is 11.3 Å². The third-order valence-electron chi connectivity index (χ3n) is 2.88. The number of nitrogens with one attached hydrogen (secondary N) is 2. The fourth-order valence-corrected chi connectivity index (χ4v) is 1.86. The summed E-state index contributed by atoms with van der Waals surface area (Å²) in [5.74, 6) is -1.68. The van der Waals surface area contributed by atoms with Gasteiger partial charge in [-0.25, -0.2) is 4.79 Å². The molecule has 0 fully saturated rings. The maximum absolute atomic E-state index is 12.2. The van der Waals surface area contributed by atoms with Gasteiger partial charge in [-0.3, -0.25) is 9.89 Å². The zero-order valence-corrected chi connectivity index (χ0v) is 11.4. The van der Waals surface area contributed by atoms with Gasteiger partial charge in [-0.15, -0.1) is 0 Å². The lowest BCUT2D eigenvalue weighted by Gasteiger charge is -2.13. The molecular formula is C14H15N3O4. The smallest absolute Gasteiger partial charge is 0.328 e. The molecule has 2 aromatic rings. The molecule has 2 rings (SSSR count). The third kappa shape index (κ3) is 3.46. The van der Waals surface area contributed by atoms with E-state index in [1.54, 1.807) is 0 Å². The van der Waals surface area contributed by atoms with Crippen molar-refractivity contribution in [2.75, 3.05) is 13.7 Å². The van der Waals surface area contributed by atoms with Gasteiger partial charge in [0.05, 0.1) is 24.1 Å². The first-order valence-electron chi connectivity index (χ1n) is 6.25. The molecular weight excluding hydrogens is 274 g/mol. The minimum atomic E-state index is -1.16. The van der Waals surface area contributed by atoms with Crippen LogP contribution in [0.2, 0.25) is 0 Å². The highest BCUT2D eigenvalue weighted by atomic mass is 16.5. The van der Waals surface area contributed by atoms with Gasteiger partial charge in [0.1, 0.15) is 0 Å². The molecule has 1 amide bonds. The lowest BCUT2D eigenvalue weighted by Crippen LogP contribution is -2.43. The largest absolute Gasteiger partial charge is 0.480 e. The Hall–Kier alpha value is -2.67. The lowest BCUT2D eigenvalue weighted by atomic mass is 10.1. The molecule has 0 aliphatic carbocycles. The number of ether oxygens (including phenoxy) is 1. The van der Waals surface area contributed by atoms with Crippen LogP contribution in [0.5, 0.6) is 0 Å². The zero-order valence-electron chi connectivity index (χ0n) is 11.4. The van der Waals surface area contributed by atoms with Gasteiger partial charge in [-0.1, -0.05) is 30.3 Å². The molecule has 1 aromatic heterocycles. The summed E-state index contributed by atoms with van der Waals surface area (Å²) in [7, 11) is 1.37. The van der Waals surface area contributed by atoms with Gasteiger partial charge < -0.3 is 15.2 Å². The van der Waals surface area contributed by atoms with Crippen LogP contribution in [0.4, 0.5) is 0 Å². The van der Waals surface area contributed by atoms with Gasteiger partial charge in [0.15, 0.2) is 6.04 Å². The van der Waals surface area contributed by atoms with Crippen molar-refractivity contribution in [1.29, 1.82) is 0 Å². The Morgan fingerprint density at radius 1 is 1.38 bits per heavy atom. The molecule has 0 radical (unpaired) electrons.